The van der Waals surface area contributed by atoms with Gasteiger partial charge in [0, 0.05) is 0 Å². The fourth-order valence-corrected chi connectivity index (χ4v) is 6.70. The third-order valence-electron chi connectivity index (χ3n) is 2.13. The Labute approximate surface area is 77.1 Å². The van der Waals surface area contributed by atoms with Gasteiger partial charge in [0.15, 0.2) is 0 Å². The zero-order valence-corrected chi connectivity index (χ0v) is 11.2. The molecule has 0 N–H and O–H groups in total. The second kappa shape index (κ2) is 3.26. The monoisotopic (exact) mass is 209 g/mol. The van der Waals surface area contributed by atoms with Crippen LogP contribution in [0.25, 0.3) is 0 Å². The Balaban J connectivity index is 4.99. The summed E-state index contributed by atoms with van der Waals surface area (Å²) in [5.74, 6) is 0. The highest BCUT2D eigenvalue weighted by Gasteiger charge is 2.29. The number of halogens is 1. The number of nitrogens with zero attached hydrogens (tertiary/aromatic N) is 1. The topological polar surface area (TPSA) is 12.4 Å². The van der Waals surface area contributed by atoms with Crippen LogP contribution in [0.1, 0.15) is 20.8 Å². The van der Waals surface area contributed by atoms with Crippen LogP contribution in [0.4, 0.5) is 4.11 Å². The van der Waals surface area contributed by atoms with Crippen LogP contribution >= 0.6 is 7.05 Å². The molecular weight excluding hydrogens is 188 g/mol. The van der Waals surface area contributed by atoms with E-state index in [-0.39, 0.29) is 5.16 Å². The summed E-state index contributed by atoms with van der Waals surface area (Å²) in [7, 11) is -4.16. The maximum atomic E-state index is 13.4. The van der Waals surface area contributed by atoms with Crippen LogP contribution < -0.4 is 0 Å². The summed E-state index contributed by atoms with van der Waals surface area (Å²) < 4.78 is 17.8. The number of hydrogen-bond acceptors (Lipinski definition) is 1. The van der Waals surface area contributed by atoms with Crippen LogP contribution in [-0.2, 0) is 0 Å². The van der Waals surface area contributed by atoms with Gasteiger partial charge in [-0.3, -0.25) is 4.11 Å². The van der Waals surface area contributed by atoms with Crippen molar-refractivity contribution in [1.82, 2.24) is 0 Å². The number of rotatable bonds is 1. The molecule has 0 bridgehead atoms. The van der Waals surface area contributed by atoms with Crippen LogP contribution in [0.5, 0.6) is 0 Å². The van der Waals surface area contributed by atoms with Crippen LogP contribution in [0.2, 0.25) is 13.1 Å². The van der Waals surface area contributed by atoms with E-state index in [9.17, 15) is 4.11 Å². The molecule has 0 saturated carbocycles. The van der Waals surface area contributed by atoms with Gasteiger partial charge >= 0.3 is 8.57 Å². The van der Waals surface area contributed by atoms with Crippen molar-refractivity contribution in [2.45, 2.75) is 39.0 Å². The Hall–Kier alpha value is 0.377. The largest absolute Gasteiger partial charge is 0.359 e. The molecule has 0 spiro atoms. The fraction of sp³-hybridized carbons (Fsp3) is 1.00. The molecule has 4 heteroatoms. The molecule has 0 saturated heterocycles. The van der Waals surface area contributed by atoms with Gasteiger partial charge < -0.3 is 4.41 Å². The van der Waals surface area contributed by atoms with Gasteiger partial charge in [-0.1, -0.05) is 20.8 Å². The van der Waals surface area contributed by atoms with E-state index >= 15 is 0 Å². The van der Waals surface area contributed by atoms with Crippen molar-refractivity contribution in [1.29, 1.82) is 0 Å². The Bertz CT molecular complexity index is 206. The number of hydrogen-bond donors (Lipinski definition) is 0. The summed E-state index contributed by atoms with van der Waals surface area (Å²) in [5, 5.41) is 0.142. The van der Waals surface area contributed by atoms with Crippen molar-refractivity contribution < 1.29 is 4.11 Å². The molecule has 0 aromatic rings. The predicted molar refractivity (Wildman–Crippen MR) is 59.5 cm³/mol. The highest BCUT2D eigenvalue weighted by atomic mass is 31.2. The average molecular weight is 209 g/mol. The zero-order valence-electron chi connectivity index (χ0n) is 9.27. The average Bonchev–Trinajstić information content (AvgIpc) is 1.52. The van der Waals surface area contributed by atoms with Gasteiger partial charge in [-0.05, 0) is 38.6 Å². The molecule has 0 radical (unpaired) electrons. The van der Waals surface area contributed by atoms with Crippen molar-refractivity contribution in [3.8, 4) is 0 Å². The Morgan fingerprint density at radius 2 is 1.50 bits per heavy atom. The molecule has 0 fully saturated rings. The maximum absolute atomic E-state index is 13.4. The summed E-state index contributed by atoms with van der Waals surface area (Å²) in [6.07, 6.45) is 0. The quantitative estimate of drug-likeness (QED) is 0.352. The minimum absolute atomic E-state index is 0.142. The fourth-order valence-electron chi connectivity index (χ4n) is 0.744. The van der Waals surface area contributed by atoms with Gasteiger partial charge in [0.25, 0.3) is 0 Å². The van der Waals surface area contributed by atoms with Crippen LogP contribution in [-0.4, -0.2) is 27.1 Å². The van der Waals surface area contributed by atoms with Crippen molar-refractivity contribution in [3.63, 3.8) is 0 Å². The summed E-state index contributed by atoms with van der Waals surface area (Å²) in [6.45, 7) is 14.0. The second-order valence-corrected chi connectivity index (χ2v) is 12.8. The summed E-state index contributed by atoms with van der Waals surface area (Å²) >= 11 is 0. The van der Waals surface area contributed by atoms with E-state index in [0.717, 1.165) is 0 Å². The molecule has 0 amide bonds. The SMILES string of the molecule is CC(C)(C)P(C)(C)=N[Si](C)(C)F. The van der Waals surface area contributed by atoms with Gasteiger partial charge in [-0.25, -0.2) is 0 Å². The molecule has 0 rings (SSSR count). The first kappa shape index (κ1) is 12.4. The van der Waals surface area contributed by atoms with E-state index in [4.69, 9.17) is 0 Å². The Morgan fingerprint density at radius 3 is 1.58 bits per heavy atom. The van der Waals surface area contributed by atoms with Gasteiger partial charge in [0.1, 0.15) is 0 Å². The minimum Gasteiger partial charge on any atom is -0.305 e. The highest BCUT2D eigenvalue weighted by molar-refractivity contribution is 7.67. The lowest BCUT2D eigenvalue weighted by atomic mass is 10.3. The first-order valence-corrected chi connectivity index (χ1v) is 9.69. The van der Waals surface area contributed by atoms with Crippen molar-refractivity contribution in [3.05, 3.63) is 0 Å². The Morgan fingerprint density at radius 1 is 1.17 bits per heavy atom. The van der Waals surface area contributed by atoms with Crippen molar-refractivity contribution in [2.24, 2.45) is 4.41 Å². The lowest BCUT2D eigenvalue weighted by molar-refractivity contribution is 0.771. The standard InChI is InChI=1S/C8H21FNPSi/c1-8(2,3)11(4,5)10-12(6,7)9/h1-7H3. The Kier molecular flexibility index (Phi) is 3.37. The van der Waals surface area contributed by atoms with E-state index in [1.54, 1.807) is 13.1 Å². The van der Waals surface area contributed by atoms with Gasteiger partial charge in [-0.2, -0.15) is 0 Å². The van der Waals surface area contributed by atoms with Crippen molar-refractivity contribution >= 4 is 15.6 Å². The lowest BCUT2D eigenvalue weighted by Crippen LogP contribution is -2.20. The van der Waals surface area contributed by atoms with E-state index in [0.29, 0.717) is 0 Å². The van der Waals surface area contributed by atoms with E-state index in [1.807, 2.05) is 0 Å². The zero-order chi connectivity index (χ0) is 10.2. The summed E-state index contributed by atoms with van der Waals surface area (Å²) in [4.78, 5) is 0. The minimum atomic E-state index is -2.73. The van der Waals surface area contributed by atoms with Crippen LogP contribution in [0.15, 0.2) is 4.41 Å². The molecule has 0 heterocycles. The maximum Gasteiger partial charge on any atom is 0.359 e. The molecule has 12 heavy (non-hydrogen) atoms. The van der Waals surface area contributed by atoms with E-state index in [1.165, 1.54) is 0 Å². The van der Waals surface area contributed by atoms with Crippen molar-refractivity contribution in [2.75, 3.05) is 13.3 Å². The predicted octanol–water partition coefficient (Wildman–Crippen LogP) is 3.92. The summed E-state index contributed by atoms with van der Waals surface area (Å²) in [6, 6.07) is 0. The molecule has 0 aliphatic carbocycles. The molecule has 0 atom stereocenters. The molecule has 0 aromatic heterocycles. The van der Waals surface area contributed by atoms with Gasteiger partial charge in [0.2, 0.25) is 0 Å². The van der Waals surface area contributed by atoms with Gasteiger partial charge in [-0.15, -0.1) is 0 Å². The first-order valence-electron chi connectivity index (χ1n) is 4.23. The smallest absolute Gasteiger partial charge is 0.305 e. The third kappa shape index (κ3) is 3.86. The molecule has 0 aliphatic rings. The van der Waals surface area contributed by atoms with Crippen LogP contribution in [0.3, 0.4) is 0 Å². The molecule has 0 unspecified atom stereocenters. The first-order chi connectivity index (χ1) is 4.96. The lowest BCUT2D eigenvalue weighted by Gasteiger charge is -2.32. The molecule has 0 aromatic carbocycles. The van der Waals surface area contributed by atoms with E-state index < -0.39 is 15.6 Å². The van der Waals surface area contributed by atoms with Crippen LogP contribution in [0, 0.1) is 0 Å². The molecular formula is C8H21FNPSi. The summed E-state index contributed by atoms with van der Waals surface area (Å²) in [5.41, 5.74) is 0. The third-order valence-corrected chi connectivity index (χ3v) is 9.32. The van der Waals surface area contributed by atoms with E-state index in [2.05, 4.69) is 38.5 Å². The van der Waals surface area contributed by atoms with Gasteiger partial charge in [0.05, 0.1) is 0 Å². The molecule has 1 nitrogen and oxygen atoms in total. The molecule has 74 valence electrons. The second-order valence-electron chi connectivity index (χ2n) is 5.07. The normalized spacial score (nSPS) is 14.7. The highest BCUT2D eigenvalue weighted by Crippen LogP contribution is 2.55. The molecule has 0 aliphatic heterocycles.